The van der Waals surface area contributed by atoms with Crippen LogP contribution in [-0.2, 0) is 0 Å². The Morgan fingerprint density at radius 1 is 0.686 bits per heavy atom. The van der Waals surface area contributed by atoms with Crippen LogP contribution in [0.25, 0.3) is 39.3 Å². The van der Waals surface area contributed by atoms with Crippen LogP contribution in [0.3, 0.4) is 0 Å². The molecule has 0 atom stereocenters. The predicted molar refractivity (Wildman–Crippen MR) is 136 cm³/mol. The van der Waals surface area contributed by atoms with Crippen LogP contribution in [0.5, 0.6) is 0 Å². The minimum absolute atomic E-state index is 0.0694. The molecule has 35 heavy (non-hydrogen) atoms. The zero-order valence-electron chi connectivity index (χ0n) is 19.1. The Balaban J connectivity index is 2.10. The first-order chi connectivity index (χ1) is 17.0. The number of aryl methyl sites for hydroxylation is 2. The molecule has 0 aliphatic rings. The van der Waals surface area contributed by atoms with E-state index in [0.717, 1.165) is 38.5 Å². The highest BCUT2D eigenvalue weighted by Crippen LogP contribution is 2.39. The number of fused-ring (bicyclic) bond motifs is 5. The molecule has 2 heterocycles. The fourth-order valence-corrected chi connectivity index (χ4v) is 4.87. The number of nitrogens with zero attached hydrogens (tertiary/aromatic N) is 5. The highest BCUT2D eigenvalue weighted by molar-refractivity contribution is 6.09. The van der Waals surface area contributed by atoms with Gasteiger partial charge < -0.3 is 4.40 Å². The fraction of sp³-hybridized carbons (Fsp3) is 0.0667. The third kappa shape index (κ3) is 3.05. The lowest BCUT2D eigenvalue weighted by Gasteiger charge is -2.16. The monoisotopic (exact) mass is 447 g/mol. The maximum absolute atomic E-state index is 10.2. The average Bonchev–Trinajstić information content (AvgIpc) is 3.27. The molecule has 3 aromatic carbocycles. The summed E-state index contributed by atoms with van der Waals surface area (Å²) in [6.45, 7) is 4.01. The van der Waals surface area contributed by atoms with Gasteiger partial charge in [-0.2, -0.15) is 21.0 Å². The quantitative estimate of drug-likeness (QED) is 0.307. The minimum Gasteiger partial charge on any atom is -0.314 e. The summed E-state index contributed by atoms with van der Waals surface area (Å²) in [5.74, 6) is 0. The summed E-state index contributed by atoms with van der Waals surface area (Å²) in [5, 5.41) is 42.5. The van der Waals surface area contributed by atoms with Crippen LogP contribution >= 0.6 is 0 Å². The van der Waals surface area contributed by atoms with Gasteiger partial charge in [-0.1, -0.05) is 60.7 Å². The Kier molecular flexibility index (Phi) is 5.04. The molecule has 5 nitrogen and oxygen atoms in total. The smallest absolute Gasteiger partial charge is 0.103 e. The Morgan fingerprint density at radius 3 is 2.00 bits per heavy atom. The Bertz CT molecular complexity index is 1910. The molecular formula is C30H17N5. The Hall–Kier alpha value is -5.36. The van der Waals surface area contributed by atoms with Gasteiger partial charge in [-0.15, -0.1) is 0 Å². The van der Waals surface area contributed by atoms with Crippen molar-refractivity contribution in [3.05, 3.63) is 99.2 Å². The Morgan fingerprint density at radius 2 is 1.31 bits per heavy atom. The van der Waals surface area contributed by atoms with E-state index in [1.54, 1.807) is 0 Å². The summed E-state index contributed by atoms with van der Waals surface area (Å²) >= 11 is 0. The van der Waals surface area contributed by atoms with Crippen molar-refractivity contribution in [1.82, 2.24) is 4.40 Å². The van der Waals surface area contributed by atoms with Crippen LogP contribution in [0.2, 0.25) is 0 Å². The molecule has 0 saturated heterocycles. The van der Waals surface area contributed by atoms with Gasteiger partial charge in [0.15, 0.2) is 0 Å². The standard InChI is InChI=1S/C30H17N5/c1-18-7-3-4-8-20(18)11-12-22-19(2)29-23-10-6-5-9-21(23)17-35(29)30-27(16-34)25(14-32)24(13-31)26(15-33)28(22)30/h3-12,17H,1-2H3/b12-11-. The second kappa shape index (κ2) is 8.20. The van der Waals surface area contributed by atoms with E-state index < -0.39 is 0 Å². The average molecular weight is 448 g/mol. The number of aromatic nitrogens is 1. The zero-order chi connectivity index (χ0) is 24.7. The van der Waals surface area contributed by atoms with E-state index in [9.17, 15) is 21.0 Å². The minimum atomic E-state index is -0.0733. The van der Waals surface area contributed by atoms with E-state index >= 15 is 0 Å². The van der Waals surface area contributed by atoms with Crippen LogP contribution in [-0.4, -0.2) is 4.40 Å². The molecule has 0 amide bonds. The van der Waals surface area contributed by atoms with Crippen LogP contribution < -0.4 is 0 Å². The molecule has 0 fully saturated rings. The lowest BCUT2D eigenvalue weighted by molar-refractivity contribution is 1.23. The molecule has 162 valence electrons. The summed E-state index contributed by atoms with van der Waals surface area (Å²) in [6.07, 6.45) is 5.84. The summed E-state index contributed by atoms with van der Waals surface area (Å²) in [4.78, 5) is 0. The van der Waals surface area contributed by atoms with Crippen LogP contribution in [0.1, 0.15) is 44.5 Å². The molecule has 0 N–H and O–H groups in total. The molecule has 0 saturated carbocycles. The molecule has 2 aromatic heterocycles. The number of hydrogen-bond donors (Lipinski definition) is 0. The molecule has 5 heteroatoms. The fourth-order valence-electron chi connectivity index (χ4n) is 4.87. The van der Waals surface area contributed by atoms with Crippen LogP contribution in [0, 0.1) is 59.2 Å². The lowest BCUT2D eigenvalue weighted by Crippen LogP contribution is -2.04. The van der Waals surface area contributed by atoms with Gasteiger partial charge in [0.1, 0.15) is 24.3 Å². The number of nitriles is 4. The van der Waals surface area contributed by atoms with Crippen molar-refractivity contribution in [2.45, 2.75) is 13.8 Å². The molecule has 5 aromatic rings. The molecule has 0 aliphatic carbocycles. The van der Waals surface area contributed by atoms with Crippen LogP contribution in [0.15, 0.2) is 54.7 Å². The van der Waals surface area contributed by atoms with Crippen molar-refractivity contribution in [2.75, 3.05) is 0 Å². The van der Waals surface area contributed by atoms with E-state index in [2.05, 4.69) is 12.1 Å². The van der Waals surface area contributed by atoms with Gasteiger partial charge in [-0.3, -0.25) is 0 Å². The topological polar surface area (TPSA) is 99.6 Å². The van der Waals surface area contributed by atoms with Gasteiger partial charge in [0.05, 0.1) is 33.3 Å². The highest BCUT2D eigenvalue weighted by Gasteiger charge is 2.25. The maximum atomic E-state index is 10.2. The van der Waals surface area contributed by atoms with Crippen molar-refractivity contribution >= 4 is 39.3 Å². The van der Waals surface area contributed by atoms with E-state index in [4.69, 9.17) is 0 Å². The van der Waals surface area contributed by atoms with Crippen molar-refractivity contribution in [3.8, 4) is 24.3 Å². The van der Waals surface area contributed by atoms with Gasteiger partial charge in [0, 0.05) is 22.4 Å². The van der Waals surface area contributed by atoms with Crippen molar-refractivity contribution in [2.24, 2.45) is 0 Å². The molecular weight excluding hydrogens is 430 g/mol. The number of pyridine rings is 1. The van der Waals surface area contributed by atoms with E-state index in [0.29, 0.717) is 10.9 Å². The third-order valence-corrected chi connectivity index (χ3v) is 6.53. The molecule has 0 unspecified atom stereocenters. The van der Waals surface area contributed by atoms with Gasteiger partial charge in [0.2, 0.25) is 0 Å². The third-order valence-electron chi connectivity index (χ3n) is 6.53. The van der Waals surface area contributed by atoms with Crippen molar-refractivity contribution in [1.29, 1.82) is 21.0 Å². The predicted octanol–water partition coefficient (Wildman–Crippen LogP) is 6.52. The normalized spacial score (nSPS) is 10.9. The molecule has 0 spiro atoms. The first kappa shape index (κ1) is 21.5. The molecule has 0 bridgehead atoms. The second-order valence-electron chi connectivity index (χ2n) is 8.33. The van der Waals surface area contributed by atoms with Gasteiger partial charge in [0.25, 0.3) is 0 Å². The van der Waals surface area contributed by atoms with Crippen LogP contribution in [0.4, 0.5) is 0 Å². The lowest BCUT2D eigenvalue weighted by atomic mass is 9.88. The first-order valence-corrected chi connectivity index (χ1v) is 11.0. The number of benzene rings is 3. The van der Waals surface area contributed by atoms with E-state index in [1.807, 2.05) is 97.3 Å². The summed E-state index contributed by atoms with van der Waals surface area (Å²) in [7, 11) is 0. The maximum Gasteiger partial charge on any atom is 0.103 e. The second-order valence-corrected chi connectivity index (χ2v) is 8.33. The summed E-state index contributed by atoms with van der Waals surface area (Å²) < 4.78 is 1.89. The number of rotatable bonds is 2. The van der Waals surface area contributed by atoms with Crippen molar-refractivity contribution < 1.29 is 0 Å². The van der Waals surface area contributed by atoms with Gasteiger partial charge >= 0.3 is 0 Å². The summed E-state index contributed by atoms with van der Waals surface area (Å²) in [5.41, 5.74) is 5.18. The summed E-state index contributed by atoms with van der Waals surface area (Å²) in [6, 6.07) is 24.2. The zero-order valence-corrected chi connectivity index (χ0v) is 19.1. The largest absolute Gasteiger partial charge is 0.314 e. The number of hydrogen-bond acceptors (Lipinski definition) is 4. The van der Waals surface area contributed by atoms with Gasteiger partial charge in [-0.25, -0.2) is 0 Å². The van der Waals surface area contributed by atoms with E-state index in [1.165, 1.54) is 0 Å². The Labute approximate surface area is 202 Å². The molecule has 5 rings (SSSR count). The molecule has 0 radical (unpaired) electrons. The highest BCUT2D eigenvalue weighted by atomic mass is 14.9. The SMILES string of the molecule is Cc1ccccc1/C=C\c1c(C)c2c3ccccc3cn2c2c(C#N)c(C#N)c(C#N)c(C#N)c12. The first-order valence-electron chi connectivity index (χ1n) is 11.0. The van der Waals surface area contributed by atoms with E-state index in [-0.39, 0.29) is 22.3 Å². The molecule has 0 aliphatic heterocycles. The van der Waals surface area contributed by atoms with Gasteiger partial charge in [-0.05, 0) is 36.1 Å². The van der Waals surface area contributed by atoms with Crippen molar-refractivity contribution in [3.63, 3.8) is 0 Å².